The molecule has 0 spiro atoms. The van der Waals surface area contributed by atoms with Gasteiger partial charge in [0.1, 0.15) is 0 Å². The normalized spacial score (nSPS) is 24.0. The highest BCUT2D eigenvalue weighted by atomic mass is 15.2. The largest absolute Gasteiger partial charge is 0.365 e. The first-order valence-corrected chi connectivity index (χ1v) is 14.5. The van der Waals surface area contributed by atoms with E-state index >= 15 is 0 Å². The van der Waals surface area contributed by atoms with Gasteiger partial charge in [-0.25, -0.2) is 4.98 Å². The molecule has 0 amide bonds. The predicted molar refractivity (Wildman–Crippen MR) is 150 cm³/mol. The molecule has 2 aromatic heterocycles. The summed E-state index contributed by atoms with van der Waals surface area (Å²) in [6.45, 7) is 3.35. The van der Waals surface area contributed by atoms with Gasteiger partial charge < -0.3 is 25.8 Å². The third kappa shape index (κ3) is 5.91. The van der Waals surface area contributed by atoms with Crippen molar-refractivity contribution in [3.63, 3.8) is 0 Å². The monoisotopic (exact) mass is 502 g/mol. The van der Waals surface area contributed by atoms with Crippen molar-refractivity contribution < 1.29 is 0 Å². The molecule has 0 radical (unpaired) electrons. The average molecular weight is 503 g/mol. The van der Waals surface area contributed by atoms with E-state index in [9.17, 15) is 0 Å². The third-order valence-corrected chi connectivity index (χ3v) is 8.73. The lowest BCUT2D eigenvalue weighted by atomic mass is 9.92. The Morgan fingerprint density at radius 3 is 2.32 bits per heavy atom. The minimum atomic E-state index is 0.334. The van der Waals surface area contributed by atoms with E-state index in [4.69, 9.17) is 20.7 Å². The second-order valence-electron chi connectivity index (χ2n) is 11.4. The van der Waals surface area contributed by atoms with Crippen molar-refractivity contribution in [3.05, 3.63) is 42.2 Å². The molecule has 3 aliphatic rings. The number of likely N-dealkylation sites (tertiary alicyclic amines) is 1. The quantitative estimate of drug-likeness (QED) is 0.409. The Balaban J connectivity index is 1.15. The molecule has 8 heteroatoms. The molecular formula is C29H42N8. The zero-order chi connectivity index (χ0) is 25.0. The fourth-order valence-corrected chi connectivity index (χ4v) is 6.40. The van der Waals surface area contributed by atoms with Crippen molar-refractivity contribution >= 4 is 22.9 Å². The average Bonchev–Trinajstić information content (AvgIpc) is 3.61. The maximum absolute atomic E-state index is 6.16. The van der Waals surface area contributed by atoms with E-state index < -0.39 is 0 Å². The molecule has 198 valence electrons. The molecule has 6 rings (SSSR count). The maximum Gasteiger partial charge on any atom is 0.227 e. The van der Waals surface area contributed by atoms with Gasteiger partial charge in [-0.15, -0.1) is 0 Å². The number of fused-ring (bicyclic) bond motifs is 1. The van der Waals surface area contributed by atoms with Crippen molar-refractivity contribution in [3.8, 4) is 0 Å². The number of hydrogen-bond acceptors (Lipinski definition) is 7. The van der Waals surface area contributed by atoms with E-state index in [0.29, 0.717) is 24.2 Å². The SMILES string of the molecule is NC1CCC(Nc2nc(NC3CCN(CCc4ccccc4)CC3)nc3c2ncn3C2CCCC2)CC1. The summed E-state index contributed by atoms with van der Waals surface area (Å²) in [5.74, 6) is 1.62. The highest BCUT2D eigenvalue weighted by Gasteiger charge is 2.26. The summed E-state index contributed by atoms with van der Waals surface area (Å²) in [4.78, 5) is 17.4. The minimum absolute atomic E-state index is 0.334. The van der Waals surface area contributed by atoms with E-state index in [0.717, 1.165) is 87.5 Å². The number of hydrogen-bond donors (Lipinski definition) is 3. The maximum atomic E-state index is 6.16. The number of benzene rings is 1. The molecule has 8 nitrogen and oxygen atoms in total. The number of nitrogens with zero attached hydrogens (tertiary/aromatic N) is 5. The summed E-state index contributed by atoms with van der Waals surface area (Å²) in [7, 11) is 0. The summed E-state index contributed by atoms with van der Waals surface area (Å²) in [5.41, 5.74) is 9.46. The minimum Gasteiger partial charge on any atom is -0.365 e. The van der Waals surface area contributed by atoms with Crippen molar-refractivity contribution in [1.29, 1.82) is 0 Å². The molecule has 0 atom stereocenters. The molecular weight excluding hydrogens is 460 g/mol. The van der Waals surface area contributed by atoms with Crippen LogP contribution in [-0.4, -0.2) is 62.2 Å². The Labute approximate surface area is 220 Å². The number of anilines is 2. The van der Waals surface area contributed by atoms with Crippen LogP contribution in [0.15, 0.2) is 36.7 Å². The number of aromatic nitrogens is 4. The smallest absolute Gasteiger partial charge is 0.227 e. The molecule has 0 unspecified atom stereocenters. The summed E-state index contributed by atoms with van der Waals surface area (Å²) in [5, 5.41) is 7.44. The van der Waals surface area contributed by atoms with Crippen LogP contribution in [0.4, 0.5) is 11.8 Å². The van der Waals surface area contributed by atoms with E-state index in [1.165, 1.54) is 31.2 Å². The molecule has 2 aliphatic carbocycles. The zero-order valence-electron chi connectivity index (χ0n) is 22.0. The molecule has 37 heavy (non-hydrogen) atoms. The van der Waals surface area contributed by atoms with Crippen LogP contribution in [0.3, 0.4) is 0 Å². The second kappa shape index (κ2) is 11.4. The molecule has 4 N–H and O–H groups in total. The van der Waals surface area contributed by atoms with Gasteiger partial charge in [0.05, 0.1) is 6.33 Å². The molecule has 2 saturated carbocycles. The molecule has 0 bridgehead atoms. The van der Waals surface area contributed by atoms with Gasteiger partial charge in [-0.1, -0.05) is 43.2 Å². The molecule has 3 heterocycles. The Hall–Kier alpha value is -2.71. The van der Waals surface area contributed by atoms with Crippen LogP contribution >= 0.6 is 0 Å². The van der Waals surface area contributed by atoms with Crippen molar-refractivity contribution in [2.75, 3.05) is 30.3 Å². The molecule has 3 aromatic rings. The predicted octanol–water partition coefficient (Wildman–Crippen LogP) is 4.74. The summed E-state index contributed by atoms with van der Waals surface area (Å²) in [6.07, 6.45) is 14.6. The third-order valence-electron chi connectivity index (χ3n) is 8.73. The number of piperidine rings is 1. The van der Waals surface area contributed by atoms with Gasteiger partial charge in [0.25, 0.3) is 0 Å². The Bertz CT molecular complexity index is 1140. The molecule has 1 saturated heterocycles. The fourth-order valence-electron chi connectivity index (χ4n) is 6.40. The van der Waals surface area contributed by atoms with Gasteiger partial charge in [-0.3, -0.25) is 0 Å². The summed E-state index contributed by atoms with van der Waals surface area (Å²) < 4.78 is 2.31. The van der Waals surface area contributed by atoms with Gasteiger partial charge in [0.15, 0.2) is 17.0 Å². The Morgan fingerprint density at radius 1 is 0.838 bits per heavy atom. The number of imidazole rings is 1. The number of rotatable bonds is 8. The highest BCUT2D eigenvalue weighted by Crippen LogP contribution is 2.34. The lowest BCUT2D eigenvalue weighted by molar-refractivity contribution is 0.221. The summed E-state index contributed by atoms with van der Waals surface area (Å²) >= 11 is 0. The van der Waals surface area contributed by atoms with Crippen molar-refractivity contribution in [1.82, 2.24) is 24.4 Å². The van der Waals surface area contributed by atoms with Crippen LogP contribution in [0.2, 0.25) is 0 Å². The van der Waals surface area contributed by atoms with Gasteiger partial charge in [-0.2, -0.15) is 9.97 Å². The van der Waals surface area contributed by atoms with Crippen LogP contribution in [0, 0.1) is 0 Å². The van der Waals surface area contributed by atoms with E-state index in [1.54, 1.807) is 0 Å². The zero-order valence-corrected chi connectivity index (χ0v) is 22.0. The first-order valence-electron chi connectivity index (χ1n) is 14.5. The van der Waals surface area contributed by atoms with Crippen LogP contribution in [-0.2, 0) is 6.42 Å². The Morgan fingerprint density at radius 2 is 1.57 bits per heavy atom. The van der Waals surface area contributed by atoms with Crippen molar-refractivity contribution in [2.45, 2.75) is 94.8 Å². The molecule has 3 fully saturated rings. The molecule has 1 aliphatic heterocycles. The first kappa shape index (κ1) is 24.6. The first-order chi connectivity index (χ1) is 18.2. The summed E-state index contributed by atoms with van der Waals surface area (Å²) in [6, 6.07) is 12.4. The van der Waals surface area contributed by atoms with Crippen LogP contribution in [0.1, 0.15) is 75.8 Å². The number of nitrogens with two attached hydrogens (primary N) is 1. The van der Waals surface area contributed by atoms with Crippen LogP contribution in [0.25, 0.3) is 11.2 Å². The van der Waals surface area contributed by atoms with Gasteiger partial charge in [0.2, 0.25) is 5.95 Å². The fraction of sp³-hybridized carbons (Fsp3) is 0.621. The standard InChI is InChI=1S/C29H42N8/c30-22-10-12-23(13-11-22)32-27-26-28(37(20-31-26)25-8-4-5-9-25)35-29(34-27)33-24-15-18-36(19-16-24)17-14-21-6-2-1-3-7-21/h1-3,6-7,20,22-25H,4-5,8-19,30H2,(H2,32,33,34,35). The van der Waals surface area contributed by atoms with Gasteiger partial charge in [-0.05, 0) is 63.4 Å². The topological polar surface area (TPSA) is 96.9 Å². The van der Waals surface area contributed by atoms with E-state index in [1.807, 2.05) is 6.33 Å². The number of nitrogens with one attached hydrogen (secondary N) is 2. The second-order valence-corrected chi connectivity index (χ2v) is 11.4. The molecule has 1 aromatic carbocycles. The van der Waals surface area contributed by atoms with E-state index in [2.05, 4.69) is 50.4 Å². The Kier molecular flexibility index (Phi) is 7.55. The lowest BCUT2D eigenvalue weighted by Crippen LogP contribution is -2.40. The van der Waals surface area contributed by atoms with Crippen LogP contribution in [0.5, 0.6) is 0 Å². The van der Waals surface area contributed by atoms with Crippen molar-refractivity contribution in [2.24, 2.45) is 5.73 Å². The lowest BCUT2D eigenvalue weighted by Gasteiger charge is -2.32. The van der Waals surface area contributed by atoms with Gasteiger partial charge in [0, 0.05) is 43.8 Å². The van der Waals surface area contributed by atoms with Gasteiger partial charge >= 0.3 is 0 Å². The van der Waals surface area contributed by atoms with E-state index in [-0.39, 0.29) is 0 Å². The highest BCUT2D eigenvalue weighted by molar-refractivity contribution is 5.84. The van der Waals surface area contributed by atoms with Crippen LogP contribution < -0.4 is 16.4 Å².